The van der Waals surface area contributed by atoms with E-state index >= 15 is 0 Å². The smallest absolute Gasteiger partial charge is 0.225 e. The lowest BCUT2D eigenvalue weighted by Gasteiger charge is -2.34. The third kappa shape index (κ3) is 2.55. The van der Waals surface area contributed by atoms with Crippen LogP contribution in [0.25, 0.3) is 0 Å². The first-order valence-corrected chi connectivity index (χ1v) is 6.92. The summed E-state index contributed by atoms with van der Waals surface area (Å²) >= 11 is 1.51. The molecule has 0 aromatic carbocycles. The second kappa shape index (κ2) is 5.31. The zero-order valence-electron chi connectivity index (χ0n) is 10.3. The monoisotopic (exact) mass is 275 g/mol. The molecular formula is C12H13N5OS. The summed E-state index contributed by atoms with van der Waals surface area (Å²) in [4.78, 5) is 27.8. The van der Waals surface area contributed by atoms with Gasteiger partial charge in [-0.05, 0) is 6.07 Å². The Hall–Kier alpha value is -2.02. The molecule has 1 fully saturated rings. The number of piperazine rings is 1. The van der Waals surface area contributed by atoms with Gasteiger partial charge in [-0.3, -0.25) is 4.79 Å². The normalized spacial score (nSPS) is 15.6. The molecule has 7 heteroatoms. The van der Waals surface area contributed by atoms with Gasteiger partial charge in [0, 0.05) is 44.0 Å². The quantitative estimate of drug-likeness (QED) is 0.781. The summed E-state index contributed by atoms with van der Waals surface area (Å²) in [6.45, 7) is 3.45. The van der Waals surface area contributed by atoms with E-state index in [1.807, 2.05) is 6.07 Å². The van der Waals surface area contributed by atoms with Crippen molar-refractivity contribution in [3.8, 4) is 0 Å². The number of carbonyl (C=O) groups is 1. The number of aromatic nitrogens is 3. The molecule has 2 aromatic rings. The Kier molecular flexibility index (Phi) is 3.37. The van der Waals surface area contributed by atoms with E-state index in [9.17, 15) is 4.79 Å². The minimum Gasteiger partial charge on any atom is -0.345 e. The van der Waals surface area contributed by atoms with Crippen molar-refractivity contribution in [2.75, 3.05) is 36.0 Å². The first-order chi connectivity index (χ1) is 9.36. The number of aldehydes is 1. The van der Waals surface area contributed by atoms with Gasteiger partial charge in [0.05, 0.1) is 0 Å². The maximum Gasteiger partial charge on any atom is 0.225 e. The van der Waals surface area contributed by atoms with E-state index in [1.165, 1.54) is 11.3 Å². The van der Waals surface area contributed by atoms with Crippen LogP contribution in [0.4, 0.5) is 11.1 Å². The molecule has 2 aromatic heterocycles. The van der Waals surface area contributed by atoms with Crippen LogP contribution < -0.4 is 9.80 Å². The molecule has 19 heavy (non-hydrogen) atoms. The van der Waals surface area contributed by atoms with E-state index in [-0.39, 0.29) is 0 Å². The maximum absolute atomic E-state index is 10.6. The second-order valence-corrected chi connectivity index (χ2v) is 5.03. The Morgan fingerprint density at radius 2 is 1.79 bits per heavy atom. The second-order valence-electron chi connectivity index (χ2n) is 4.20. The Bertz CT molecular complexity index is 550. The van der Waals surface area contributed by atoms with Gasteiger partial charge < -0.3 is 9.80 Å². The van der Waals surface area contributed by atoms with Gasteiger partial charge in [-0.15, -0.1) is 11.3 Å². The Labute approximate surface area is 114 Å². The number of anilines is 2. The minimum absolute atomic E-state index is 0.508. The highest BCUT2D eigenvalue weighted by Gasteiger charge is 2.20. The SMILES string of the molecule is O=Cc1csc(N2CCN(c3ncccn3)CC2)n1. The van der Waals surface area contributed by atoms with Crippen molar-refractivity contribution in [1.29, 1.82) is 0 Å². The molecule has 0 N–H and O–H groups in total. The molecule has 3 heterocycles. The first kappa shape index (κ1) is 12.0. The summed E-state index contributed by atoms with van der Waals surface area (Å²) in [5, 5.41) is 2.70. The molecule has 6 nitrogen and oxygen atoms in total. The molecule has 0 atom stereocenters. The topological polar surface area (TPSA) is 62.2 Å². The van der Waals surface area contributed by atoms with E-state index in [0.29, 0.717) is 5.69 Å². The standard InChI is InChI=1S/C12H13N5OS/c18-8-10-9-19-12(15-10)17-6-4-16(5-7-17)11-13-2-1-3-14-11/h1-3,8-9H,4-7H2. The molecule has 1 aliphatic heterocycles. The van der Waals surface area contributed by atoms with Crippen LogP contribution in [0.2, 0.25) is 0 Å². The van der Waals surface area contributed by atoms with Gasteiger partial charge in [-0.2, -0.15) is 0 Å². The first-order valence-electron chi connectivity index (χ1n) is 6.04. The zero-order chi connectivity index (χ0) is 13.1. The minimum atomic E-state index is 0.508. The molecule has 3 rings (SSSR count). The van der Waals surface area contributed by atoms with Gasteiger partial charge in [0.1, 0.15) is 5.69 Å². The van der Waals surface area contributed by atoms with Gasteiger partial charge in [0.2, 0.25) is 5.95 Å². The third-order valence-corrected chi connectivity index (χ3v) is 3.94. The van der Waals surface area contributed by atoms with Crippen LogP contribution in [0, 0.1) is 0 Å². The predicted molar refractivity (Wildman–Crippen MR) is 74.0 cm³/mol. The molecule has 1 saturated heterocycles. The fraction of sp³-hybridized carbons (Fsp3) is 0.333. The maximum atomic E-state index is 10.6. The van der Waals surface area contributed by atoms with Crippen molar-refractivity contribution in [2.24, 2.45) is 0 Å². The lowest BCUT2D eigenvalue weighted by Crippen LogP contribution is -2.47. The van der Waals surface area contributed by atoms with E-state index in [1.54, 1.807) is 17.8 Å². The van der Waals surface area contributed by atoms with Crippen LogP contribution in [0.5, 0.6) is 0 Å². The number of nitrogens with zero attached hydrogens (tertiary/aromatic N) is 5. The lowest BCUT2D eigenvalue weighted by molar-refractivity contribution is 0.111. The summed E-state index contributed by atoms with van der Waals surface area (Å²) in [6.07, 6.45) is 4.30. The van der Waals surface area contributed by atoms with Crippen LogP contribution in [-0.2, 0) is 0 Å². The zero-order valence-corrected chi connectivity index (χ0v) is 11.1. The van der Waals surface area contributed by atoms with E-state index < -0.39 is 0 Å². The van der Waals surface area contributed by atoms with Crippen molar-refractivity contribution in [3.63, 3.8) is 0 Å². The van der Waals surface area contributed by atoms with Crippen molar-refractivity contribution >= 4 is 28.7 Å². The number of rotatable bonds is 3. The Morgan fingerprint density at radius 3 is 2.42 bits per heavy atom. The van der Waals surface area contributed by atoms with Gasteiger partial charge >= 0.3 is 0 Å². The molecule has 0 amide bonds. The molecule has 0 saturated carbocycles. The molecular weight excluding hydrogens is 262 g/mol. The fourth-order valence-electron chi connectivity index (χ4n) is 2.03. The summed E-state index contributed by atoms with van der Waals surface area (Å²) in [5.41, 5.74) is 0.508. The Morgan fingerprint density at radius 1 is 1.11 bits per heavy atom. The van der Waals surface area contributed by atoms with Crippen molar-refractivity contribution in [2.45, 2.75) is 0 Å². The predicted octanol–water partition coefficient (Wildman–Crippen LogP) is 1.07. The number of hydrogen-bond donors (Lipinski definition) is 0. The van der Waals surface area contributed by atoms with Gasteiger partial charge in [0.25, 0.3) is 0 Å². The molecule has 98 valence electrons. The summed E-state index contributed by atoms with van der Waals surface area (Å²) in [6, 6.07) is 1.82. The van der Waals surface area contributed by atoms with Gasteiger partial charge in [-0.25, -0.2) is 15.0 Å². The van der Waals surface area contributed by atoms with Crippen LogP contribution in [0.15, 0.2) is 23.8 Å². The van der Waals surface area contributed by atoms with Crippen LogP contribution in [0.3, 0.4) is 0 Å². The van der Waals surface area contributed by atoms with Crippen molar-refractivity contribution in [3.05, 3.63) is 29.5 Å². The molecule has 0 aliphatic carbocycles. The van der Waals surface area contributed by atoms with E-state index in [4.69, 9.17) is 0 Å². The van der Waals surface area contributed by atoms with Crippen LogP contribution in [0.1, 0.15) is 10.5 Å². The number of carbonyl (C=O) groups excluding carboxylic acids is 1. The van der Waals surface area contributed by atoms with Crippen LogP contribution >= 0.6 is 11.3 Å². The highest BCUT2D eigenvalue weighted by molar-refractivity contribution is 7.13. The van der Waals surface area contributed by atoms with Gasteiger partial charge in [-0.1, -0.05) is 0 Å². The summed E-state index contributed by atoms with van der Waals surface area (Å²) in [7, 11) is 0. The fourth-order valence-corrected chi connectivity index (χ4v) is 2.85. The van der Waals surface area contributed by atoms with Crippen molar-refractivity contribution < 1.29 is 4.79 Å². The highest BCUT2D eigenvalue weighted by Crippen LogP contribution is 2.21. The van der Waals surface area contributed by atoms with Gasteiger partial charge in [0.15, 0.2) is 11.4 Å². The van der Waals surface area contributed by atoms with Crippen LogP contribution in [-0.4, -0.2) is 47.4 Å². The molecule has 1 aliphatic rings. The number of thiazole rings is 1. The molecule has 0 radical (unpaired) electrons. The summed E-state index contributed by atoms with van der Waals surface area (Å²) in [5.74, 6) is 0.773. The van der Waals surface area contributed by atoms with E-state index in [2.05, 4.69) is 24.8 Å². The molecule has 0 bridgehead atoms. The summed E-state index contributed by atoms with van der Waals surface area (Å²) < 4.78 is 0. The average molecular weight is 275 g/mol. The third-order valence-electron chi connectivity index (χ3n) is 3.02. The molecule has 0 spiro atoms. The van der Waals surface area contributed by atoms with E-state index in [0.717, 1.165) is 43.5 Å². The largest absolute Gasteiger partial charge is 0.345 e. The van der Waals surface area contributed by atoms with Crippen molar-refractivity contribution in [1.82, 2.24) is 15.0 Å². The Balaban J connectivity index is 1.65. The highest BCUT2D eigenvalue weighted by atomic mass is 32.1. The average Bonchev–Trinajstić information content (AvgIpc) is 2.97. The lowest BCUT2D eigenvalue weighted by atomic mass is 10.3. The molecule has 0 unspecified atom stereocenters. The number of hydrogen-bond acceptors (Lipinski definition) is 7.